The van der Waals surface area contributed by atoms with E-state index in [0.29, 0.717) is 10.2 Å². The molecule has 1 aromatic carbocycles. The third kappa shape index (κ3) is 3.51. The van der Waals surface area contributed by atoms with Gasteiger partial charge in [0.2, 0.25) is 0 Å². The van der Waals surface area contributed by atoms with Gasteiger partial charge in [-0.3, -0.25) is 0 Å². The summed E-state index contributed by atoms with van der Waals surface area (Å²) in [6.07, 6.45) is 1.78. The molecule has 0 radical (unpaired) electrons. The average molecular weight is 394 g/mol. The van der Waals surface area contributed by atoms with Crippen molar-refractivity contribution in [2.24, 2.45) is 0 Å². The first-order chi connectivity index (χ1) is 11.3. The number of anilines is 1. The van der Waals surface area contributed by atoms with Crippen LogP contribution in [0, 0.1) is 12.7 Å². The number of hydrogen-bond acceptors (Lipinski definition) is 3. The summed E-state index contributed by atoms with van der Waals surface area (Å²) in [4.78, 5) is 6.22. The van der Waals surface area contributed by atoms with E-state index < -0.39 is 0 Å². The van der Waals surface area contributed by atoms with Gasteiger partial charge in [-0.1, -0.05) is 19.7 Å². The van der Waals surface area contributed by atoms with Gasteiger partial charge in [-0.15, -0.1) is 0 Å². The van der Waals surface area contributed by atoms with Crippen LogP contribution in [0.4, 0.5) is 10.1 Å². The van der Waals surface area contributed by atoms with Gasteiger partial charge >= 0.3 is 0 Å². The summed E-state index contributed by atoms with van der Waals surface area (Å²) in [5.41, 5.74) is 4.08. The minimum atomic E-state index is -0.241. The van der Waals surface area contributed by atoms with E-state index >= 15 is 0 Å². The molecule has 0 saturated carbocycles. The number of allylic oxidation sites excluding steroid dienone is 1. The van der Waals surface area contributed by atoms with Gasteiger partial charge in [-0.25, -0.2) is 4.39 Å². The Bertz CT molecular complexity index is 674. The molecule has 3 nitrogen and oxygen atoms in total. The van der Waals surface area contributed by atoms with Crippen LogP contribution in [-0.4, -0.2) is 50.1 Å². The van der Waals surface area contributed by atoms with Crippen molar-refractivity contribution in [3.63, 3.8) is 0 Å². The number of aryl methyl sites for hydroxylation is 1. The van der Waals surface area contributed by atoms with Gasteiger partial charge in [-0.2, -0.15) is 0 Å². The van der Waals surface area contributed by atoms with Gasteiger partial charge in [0.1, 0.15) is 0 Å². The highest BCUT2D eigenvalue weighted by Crippen LogP contribution is 2.36. The highest BCUT2D eigenvalue weighted by molar-refractivity contribution is 9.10. The van der Waals surface area contributed by atoms with Gasteiger partial charge in [0, 0.05) is 57.2 Å². The SMILES string of the molecule is C=CC(=C)N1CCN(C(=C)c2cc(C)c(Br)c(F)c2N(C)C)CC1. The Labute approximate surface area is 152 Å². The fraction of sp³-hybridized carbons (Fsp3) is 0.368. The first-order valence-corrected chi connectivity index (χ1v) is 8.73. The van der Waals surface area contributed by atoms with Crippen LogP contribution in [0.1, 0.15) is 11.1 Å². The highest BCUT2D eigenvalue weighted by Gasteiger charge is 2.24. The lowest BCUT2D eigenvalue weighted by Crippen LogP contribution is -2.44. The predicted molar refractivity (Wildman–Crippen MR) is 105 cm³/mol. The van der Waals surface area contributed by atoms with Crippen LogP contribution in [0.3, 0.4) is 0 Å². The highest BCUT2D eigenvalue weighted by atomic mass is 79.9. The molecule has 0 N–H and O–H groups in total. The second-order valence-electron chi connectivity index (χ2n) is 6.23. The molecular formula is C19H25BrFN3. The zero-order chi connectivity index (χ0) is 18.0. The van der Waals surface area contributed by atoms with Crippen molar-refractivity contribution in [2.75, 3.05) is 45.2 Å². The second kappa shape index (κ2) is 7.43. The summed E-state index contributed by atoms with van der Waals surface area (Å²) >= 11 is 3.34. The molecule has 2 rings (SSSR count). The lowest BCUT2D eigenvalue weighted by Gasteiger charge is -2.39. The molecule has 1 saturated heterocycles. The molecule has 1 aliphatic rings. The Morgan fingerprint density at radius 3 is 2.25 bits per heavy atom. The number of nitrogens with zero attached hydrogens (tertiary/aromatic N) is 3. The van der Waals surface area contributed by atoms with E-state index in [4.69, 9.17) is 0 Å². The zero-order valence-electron chi connectivity index (χ0n) is 14.7. The van der Waals surface area contributed by atoms with E-state index in [1.165, 1.54) is 0 Å². The van der Waals surface area contributed by atoms with Crippen molar-refractivity contribution < 1.29 is 4.39 Å². The molecule has 1 aliphatic heterocycles. The van der Waals surface area contributed by atoms with Gasteiger partial charge in [-0.05, 0) is 40.6 Å². The predicted octanol–water partition coefficient (Wildman–Crippen LogP) is 4.25. The van der Waals surface area contributed by atoms with Crippen LogP contribution in [0.15, 0.2) is 42.0 Å². The number of piperazine rings is 1. The molecule has 0 aliphatic carbocycles. The normalized spacial score (nSPS) is 14.5. The first-order valence-electron chi connectivity index (χ1n) is 7.94. The van der Waals surface area contributed by atoms with Crippen molar-refractivity contribution >= 4 is 27.3 Å². The molecule has 0 unspecified atom stereocenters. The maximum Gasteiger partial charge on any atom is 0.161 e. The first kappa shape index (κ1) is 18.6. The van der Waals surface area contributed by atoms with Gasteiger partial charge in [0.15, 0.2) is 5.82 Å². The van der Waals surface area contributed by atoms with Gasteiger partial charge in [0.05, 0.1) is 10.2 Å². The van der Waals surface area contributed by atoms with E-state index in [1.807, 2.05) is 27.1 Å². The molecular weight excluding hydrogens is 369 g/mol. The summed E-state index contributed by atoms with van der Waals surface area (Å²) in [6.45, 7) is 17.3. The summed E-state index contributed by atoms with van der Waals surface area (Å²) in [7, 11) is 3.70. The van der Waals surface area contributed by atoms with Gasteiger partial charge in [0.25, 0.3) is 0 Å². The Balaban J connectivity index is 2.28. The van der Waals surface area contributed by atoms with Crippen LogP contribution < -0.4 is 4.90 Å². The van der Waals surface area contributed by atoms with E-state index in [0.717, 1.165) is 48.7 Å². The molecule has 1 fully saturated rings. The lowest BCUT2D eigenvalue weighted by atomic mass is 10.0. The maximum atomic E-state index is 14.7. The number of benzene rings is 1. The zero-order valence-corrected chi connectivity index (χ0v) is 16.3. The van der Waals surface area contributed by atoms with Crippen LogP contribution >= 0.6 is 15.9 Å². The lowest BCUT2D eigenvalue weighted by molar-refractivity contribution is 0.219. The van der Waals surface area contributed by atoms with Crippen molar-refractivity contribution in [3.8, 4) is 0 Å². The maximum absolute atomic E-state index is 14.7. The average Bonchev–Trinajstić information content (AvgIpc) is 2.57. The van der Waals surface area contributed by atoms with Crippen molar-refractivity contribution in [3.05, 3.63) is 59.0 Å². The molecule has 130 valence electrons. The van der Waals surface area contributed by atoms with E-state index in [9.17, 15) is 4.39 Å². The molecule has 24 heavy (non-hydrogen) atoms. The minimum absolute atomic E-state index is 0.241. The molecule has 0 spiro atoms. The van der Waals surface area contributed by atoms with Crippen LogP contribution in [0.5, 0.6) is 0 Å². The monoisotopic (exact) mass is 393 g/mol. The van der Waals surface area contributed by atoms with Gasteiger partial charge < -0.3 is 14.7 Å². The fourth-order valence-corrected chi connectivity index (χ4v) is 3.27. The van der Waals surface area contributed by atoms with E-state index in [-0.39, 0.29) is 5.82 Å². The van der Waals surface area contributed by atoms with Crippen LogP contribution in [0.25, 0.3) is 5.70 Å². The molecule has 0 bridgehead atoms. The Morgan fingerprint density at radius 2 is 1.75 bits per heavy atom. The summed E-state index contributed by atoms with van der Waals surface area (Å²) in [5, 5.41) is 0. The quantitative estimate of drug-likeness (QED) is 0.692. The van der Waals surface area contributed by atoms with Crippen molar-refractivity contribution in [1.29, 1.82) is 0 Å². The van der Waals surface area contributed by atoms with E-state index in [1.54, 1.807) is 11.0 Å². The Morgan fingerprint density at radius 1 is 1.21 bits per heavy atom. The van der Waals surface area contributed by atoms with Crippen LogP contribution in [-0.2, 0) is 0 Å². The minimum Gasteiger partial charge on any atom is -0.375 e. The molecule has 0 amide bonds. The standard InChI is InChI=1S/C19H25BrFN3/c1-7-14(3)23-8-10-24(11-9-23)15(4)16-12-13(2)17(20)18(21)19(16)22(5)6/h7,12H,1,3-4,8-11H2,2,5-6H3. The second-order valence-corrected chi connectivity index (χ2v) is 7.02. The summed E-state index contributed by atoms with van der Waals surface area (Å²) < 4.78 is 15.2. The molecule has 5 heteroatoms. The molecule has 0 atom stereocenters. The largest absolute Gasteiger partial charge is 0.375 e. The molecule has 1 heterocycles. The van der Waals surface area contributed by atoms with Crippen molar-refractivity contribution in [1.82, 2.24) is 9.80 Å². The Kier molecular flexibility index (Phi) is 5.75. The number of halogens is 2. The van der Waals surface area contributed by atoms with E-state index in [2.05, 4.69) is 45.5 Å². The number of hydrogen-bond donors (Lipinski definition) is 0. The van der Waals surface area contributed by atoms with Crippen molar-refractivity contribution in [2.45, 2.75) is 6.92 Å². The smallest absolute Gasteiger partial charge is 0.161 e. The molecule has 1 aromatic rings. The van der Waals surface area contributed by atoms with Crippen LogP contribution in [0.2, 0.25) is 0 Å². The fourth-order valence-electron chi connectivity index (χ4n) is 2.96. The third-order valence-electron chi connectivity index (χ3n) is 4.42. The molecule has 0 aromatic heterocycles. The Hall–Kier alpha value is -1.75. The summed E-state index contributed by atoms with van der Waals surface area (Å²) in [6, 6.07) is 2.00. The third-order valence-corrected chi connectivity index (χ3v) is 5.40. The number of rotatable bonds is 5. The topological polar surface area (TPSA) is 9.72 Å². The summed E-state index contributed by atoms with van der Waals surface area (Å²) in [5.74, 6) is -0.241.